The van der Waals surface area contributed by atoms with Gasteiger partial charge in [-0.25, -0.2) is 18.7 Å². The molecular formula is C21H15ClF2N8O. The SMILES string of the molecule is CC(Nc1nc(N)nc2nc[nH]c12)c1nc2cccc(Cl)c2c(=O)n1-c1cc(F)cc(F)c1. The number of aromatic nitrogens is 6. The first-order chi connectivity index (χ1) is 15.8. The lowest BCUT2D eigenvalue weighted by Crippen LogP contribution is -2.28. The van der Waals surface area contributed by atoms with Crippen LogP contribution in [0.3, 0.4) is 0 Å². The largest absolute Gasteiger partial charge is 0.368 e. The van der Waals surface area contributed by atoms with Crippen LogP contribution in [-0.2, 0) is 0 Å². The van der Waals surface area contributed by atoms with Gasteiger partial charge in [-0.1, -0.05) is 17.7 Å². The molecule has 3 heterocycles. The summed E-state index contributed by atoms with van der Waals surface area (Å²) < 4.78 is 29.2. The quantitative estimate of drug-likeness (QED) is 0.366. The number of hydrogen-bond acceptors (Lipinski definition) is 7. The summed E-state index contributed by atoms with van der Waals surface area (Å²) >= 11 is 6.26. The van der Waals surface area contributed by atoms with E-state index in [4.69, 9.17) is 17.3 Å². The van der Waals surface area contributed by atoms with Crippen molar-refractivity contribution in [1.82, 2.24) is 29.5 Å². The molecule has 0 radical (unpaired) electrons. The van der Waals surface area contributed by atoms with Crippen LogP contribution in [-0.4, -0.2) is 29.5 Å². The molecule has 2 aromatic carbocycles. The predicted molar refractivity (Wildman–Crippen MR) is 120 cm³/mol. The van der Waals surface area contributed by atoms with Gasteiger partial charge in [0.1, 0.15) is 23.0 Å². The Kier molecular flexibility index (Phi) is 4.90. The minimum Gasteiger partial charge on any atom is -0.368 e. The molecular weight excluding hydrogens is 454 g/mol. The molecule has 0 spiro atoms. The van der Waals surface area contributed by atoms with E-state index < -0.39 is 23.2 Å². The summed E-state index contributed by atoms with van der Waals surface area (Å²) in [5, 5.41) is 3.43. The van der Waals surface area contributed by atoms with Gasteiger partial charge in [-0.15, -0.1) is 0 Å². The molecule has 12 heteroatoms. The number of hydrogen-bond donors (Lipinski definition) is 3. The summed E-state index contributed by atoms with van der Waals surface area (Å²) in [5.41, 5.74) is 6.34. The Hall–Kier alpha value is -4.12. The van der Waals surface area contributed by atoms with Crippen LogP contribution in [0, 0.1) is 11.6 Å². The first-order valence-corrected chi connectivity index (χ1v) is 10.1. The number of rotatable bonds is 4. The second-order valence-electron chi connectivity index (χ2n) is 7.27. The van der Waals surface area contributed by atoms with Crippen LogP contribution >= 0.6 is 11.6 Å². The second-order valence-corrected chi connectivity index (χ2v) is 7.68. The highest BCUT2D eigenvalue weighted by atomic mass is 35.5. The zero-order chi connectivity index (χ0) is 23.3. The van der Waals surface area contributed by atoms with Crippen molar-refractivity contribution in [2.45, 2.75) is 13.0 Å². The molecule has 5 aromatic rings. The third-order valence-corrected chi connectivity index (χ3v) is 5.34. The zero-order valence-corrected chi connectivity index (χ0v) is 17.7. The van der Waals surface area contributed by atoms with Gasteiger partial charge >= 0.3 is 0 Å². The van der Waals surface area contributed by atoms with Crippen LogP contribution in [0.2, 0.25) is 5.02 Å². The van der Waals surface area contributed by atoms with Gasteiger partial charge in [-0.3, -0.25) is 9.36 Å². The van der Waals surface area contributed by atoms with Gasteiger partial charge in [-0.05, 0) is 31.2 Å². The van der Waals surface area contributed by atoms with Crippen molar-refractivity contribution in [3.8, 4) is 5.69 Å². The molecule has 0 saturated heterocycles. The monoisotopic (exact) mass is 468 g/mol. The first kappa shape index (κ1) is 20.8. The average molecular weight is 469 g/mol. The Labute approximate surface area is 189 Å². The number of H-pyrrole nitrogens is 1. The second kappa shape index (κ2) is 7.78. The number of nitrogens with two attached hydrogens (primary N) is 1. The summed E-state index contributed by atoms with van der Waals surface area (Å²) in [4.78, 5) is 33.3. The van der Waals surface area contributed by atoms with E-state index in [1.165, 1.54) is 6.33 Å². The number of benzene rings is 2. The summed E-state index contributed by atoms with van der Waals surface area (Å²) in [6, 6.07) is 6.96. The van der Waals surface area contributed by atoms with Gasteiger partial charge in [-0.2, -0.15) is 9.97 Å². The van der Waals surface area contributed by atoms with E-state index in [9.17, 15) is 13.6 Å². The molecule has 1 atom stereocenters. The van der Waals surface area contributed by atoms with Gasteiger partial charge in [0.15, 0.2) is 11.5 Å². The Morgan fingerprint density at radius 3 is 2.67 bits per heavy atom. The van der Waals surface area contributed by atoms with Gasteiger partial charge in [0.2, 0.25) is 5.95 Å². The maximum absolute atomic E-state index is 14.0. The van der Waals surface area contributed by atoms with E-state index in [2.05, 4.69) is 30.2 Å². The van der Waals surface area contributed by atoms with Crippen molar-refractivity contribution in [2.24, 2.45) is 0 Å². The lowest BCUT2D eigenvalue weighted by atomic mass is 10.2. The number of fused-ring (bicyclic) bond motifs is 2. The zero-order valence-electron chi connectivity index (χ0n) is 17.0. The molecule has 166 valence electrons. The van der Waals surface area contributed by atoms with Crippen LogP contribution in [0.5, 0.6) is 0 Å². The molecule has 0 bridgehead atoms. The number of nitrogen functional groups attached to an aromatic ring is 1. The van der Waals surface area contributed by atoms with Crippen molar-refractivity contribution >= 4 is 45.4 Å². The molecule has 0 aliphatic rings. The lowest BCUT2D eigenvalue weighted by Gasteiger charge is -2.20. The third kappa shape index (κ3) is 3.61. The Balaban J connectivity index is 1.74. The van der Waals surface area contributed by atoms with E-state index in [1.54, 1.807) is 25.1 Å². The molecule has 0 fully saturated rings. The van der Waals surface area contributed by atoms with Crippen LogP contribution in [0.4, 0.5) is 20.5 Å². The maximum Gasteiger partial charge on any atom is 0.267 e. The summed E-state index contributed by atoms with van der Waals surface area (Å²) in [6.07, 6.45) is 1.44. The number of imidazole rings is 1. The Bertz CT molecular complexity index is 1580. The minimum absolute atomic E-state index is 0.00727. The number of aromatic amines is 1. The van der Waals surface area contributed by atoms with E-state index in [0.29, 0.717) is 22.5 Å². The van der Waals surface area contributed by atoms with E-state index in [0.717, 1.165) is 22.8 Å². The fourth-order valence-electron chi connectivity index (χ4n) is 3.64. The molecule has 0 aliphatic heterocycles. The van der Waals surface area contributed by atoms with Crippen LogP contribution in [0.25, 0.3) is 27.8 Å². The molecule has 5 rings (SSSR count). The van der Waals surface area contributed by atoms with Gasteiger partial charge in [0.05, 0.1) is 34.0 Å². The molecule has 0 aliphatic carbocycles. The molecule has 4 N–H and O–H groups in total. The Morgan fingerprint density at radius 1 is 1.15 bits per heavy atom. The minimum atomic E-state index is -0.842. The fraction of sp³-hybridized carbons (Fsp3) is 0.0952. The maximum atomic E-state index is 14.0. The van der Waals surface area contributed by atoms with Crippen LogP contribution in [0.15, 0.2) is 47.5 Å². The summed E-state index contributed by atoms with van der Waals surface area (Å²) in [7, 11) is 0. The number of anilines is 2. The highest BCUT2D eigenvalue weighted by Crippen LogP contribution is 2.27. The highest BCUT2D eigenvalue weighted by Gasteiger charge is 2.22. The molecule has 33 heavy (non-hydrogen) atoms. The van der Waals surface area contributed by atoms with Crippen molar-refractivity contribution in [1.29, 1.82) is 0 Å². The van der Waals surface area contributed by atoms with E-state index >= 15 is 0 Å². The third-order valence-electron chi connectivity index (χ3n) is 5.02. The standard InChI is InChI=1S/C21H15ClF2N8O/c1-9(28-18-16-17(27-8-26-16)30-21(25)31-18)19-29-14-4-2-3-13(22)15(14)20(33)32(19)12-6-10(23)5-11(24)7-12/h2-9H,1H3,(H4,25,26,27,28,30,31). The molecule has 3 aromatic heterocycles. The van der Waals surface area contributed by atoms with Crippen molar-refractivity contribution < 1.29 is 8.78 Å². The first-order valence-electron chi connectivity index (χ1n) is 9.72. The normalized spacial score (nSPS) is 12.4. The molecule has 1 unspecified atom stereocenters. The molecule has 0 amide bonds. The number of nitrogens with zero attached hydrogens (tertiary/aromatic N) is 5. The van der Waals surface area contributed by atoms with E-state index in [1.807, 2.05) is 0 Å². The van der Waals surface area contributed by atoms with Crippen molar-refractivity contribution in [3.05, 3.63) is 75.6 Å². The van der Waals surface area contributed by atoms with Gasteiger partial charge < -0.3 is 16.0 Å². The molecule has 0 saturated carbocycles. The van der Waals surface area contributed by atoms with Gasteiger partial charge in [0.25, 0.3) is 5.56 Å². The predicted octanol–water partition coefficient (Wildman–Crippen LogP) is 3.74. The summed E-state index contributed by atoms with van der Waals surface area (Å²) in [5.74, 6) is -1.20. The Morgan fingerprint density at radius 2 is 1.91 bits per heavy atom. The number of nitrogens with one attached hydrogen (secondary N) is 2. The van der Waals surface area contributed by atoms with Gasteiger partial charge in [0, 0.05) is 6.07 Å². The topological polar surface area (TPSA) is 127 Å². The smallest absolute Gasteiger partial charge is 0.267 e. The van der Waals surface area contributed by atoms with E-state index in [-0.39, 0.29) is 27.9 Å². The lowest BCUT2D eigenvalue weighted by molar-refractivity contribution is 0.579. The highest BCUT2D eigenvalue weighted by molar-refractivity contribution is 6.35. The van der Waals surface area contributed by atoms with Crippen LogP contribution in [0.1, 0.15) is 18.8 Å². The fourth-order valence-corrected chi connectivity index (χ4v) is 3.89. The number of halogens is 3. The average Bonchev–Trinajstić information content (AvgIpc) is 3.21. The van der Waals surface area contributed by atoms with Crippen LogP contribution < -0.4 is 16.6 Å². The molecule has 9 nitrogen and oxygen atoms in total. The van der Waals surface area contributed by atoms with Crippen molar-refractivity contribution in [3.63, 3.8) is 0 Å². The summed E-state index contributed by atoms with van der Waals surface area (Å²) in [6.45, 7) is 1.71. The van der Waals surface area contributed by atoms with Crippen molar-refractivity contribution in [2.75, 3.05) is 11.1 Å².